The predicted molar refractivity (Wildman–Crippen MR) is 86.9 cm³/mol. The van der Waals surface area contributed by atoms with Crippen LogP contribution in [0.1, 0.15) is 39.2 Å². The second-order valence-corrected chi connectivity index (χ2v) is 5.70. The van der Waals surface area contributed by atoms with Crippen LogP contribution in [-0.4, -0.2) is 31.2 Å². The Bertz CT molecular complexity index is 458. The SMILES string of the molecule is CCC(CC)CN(CC)Cc1cc2c(cc1N)OCCO2. The number of rotatable bonds is 7. The van der Waals surface area contributed by atoms with E-state index in [4.69, 9.17) is 15.2 Å². The molecule has 0 saturated carbocycles. The lowest BCUT2D eigenvalue weighted by molar-refractivity contribution is 0.171. The molecule has 1 aromatic carbocycles. The van der Waals surface area contributed by atoms with Crippen molar-refractivity contribution in [3.05, 3.63) is 17.7 Å². The number of fused-ring (bicyclic) bond motifs is 1. The first-order valence-corrected chi connectivity index (χ1v) is 8.08. The second kappa shape index (κ2) is 7.55. The van der Waals surface area contributed by atoms with E-state index in [1.165, 1.54) is 12.8 Å². The third-order valence-corrected chi connectivity index (χ3v) is 4.32. The molecule has 4 heteroatoms. The van der Waals surface area contributed by atoms with Gasteiger partial charge in [0.05, 0.1) is 0 Å². The molecule has 21 heavy (non-hydrogen) atoms. The van der Waals surface area contributed by atoms with Crippen LogP contribution in [0.5, 0.6) is 11.5 Å². The zero-order valence-corrected chi connectivity index (χ0v) is 13.5. The fourth-order valence-electron chi connectivity index (χ4n) is 2.74. The van der Waals surface area contributed by atoms with Gasteiger partial charge >= 0.3 is 0 Å². The monoisotopic (exact) mass is 292 g/mol. The topological polar surface area (TPSA) is 47.7 Å². The maximum absolute atomic E-state index is 6.18. The fourth-order valence-corrected chi connectivity index (χ4v) is 2.74. The van der Waals surface area contributed by atoms with Gasteiger partial charge in [-0.25, -0.2) is 0 Å². The van der Waals surface area contributed by atoms with Crippen LogP contribution in [0, 0.1) is 5.92 Å². The van der Waals surface area contributed by atoms with E-state index < -0.39 is 0 Å². The van der Waals surface area contributed by atoms with Crippen molar-refractivity contribution in [3.63, 3.8) is 0 Å². The molecule has 0 saturated heterocycles. The number of hydrogen-bond donors (Lipinski definition) is 1. The molecule has 2 N–H and O–H groups in total. The van der Waals surface area contributed by atoms with Gasteiger partial charge in [0.25, 0.3) is 0 Å². The summed E-state index contributed by atoms with van der Waals surface area (Å²) in [6.45, 7) is 11.0. The minimum absolute atomic E-state index is 0.599. The Kier molecular flexibility index (Phi) is 5.74. The summed E-state index contributed by atoms with van der Waals surface area (Å²) in [5, 5.41) is 0. The summed E-state index contributed by atoms with van der Waals surface area (Å²) < 4.78 is 11.2. The minimum Gasteiger partial charge on any atom is -0.486 e. The van der Waals surface area contributed by atoms with Crippen molar-refractivity contribution >= 4 is 5.69 Å². The van der Waals surface area contributed by atoms with E-state index in [2.05, 4.69) is 25.7 Å². The normalized spacial score (nSPS) is 14.0. The molecule has 1 aliphatic rings. The largest absolute Gasteiger partial charge is 0.486 e. The molecular weight excluding hydrogens is 264 g/mol. The van der Waals surface area contributed by atoms with E-state index in [1.807, 2.05) is 12.1 Å². The highest BCUT2D eigenvalue weighted by Gasteiger charge is 2.17. The van der Waals surface area contributed by atoms with Gasteiger partial charge in [-0.2, -0.15) is 0 Å². The van der Waals surface area contributed by atoms with Crippen molar-refractivity contribution in [2.45, 2.75) is 40.2 Å². The van der Waals surface area contributed by atoms with Crippen LogP contribution in [-0.2, 0) is 6.54 Å². The molecule has 1 aromatic rings. The fraction of sp³-hybridized carbons (Fsp3) is 0.647. The Morgan fingerprint density at radius 2 is 1.71 bits per heavy atom. The zero-order valence-electron chi connectivity index (χ0n) is 13.5. The first-order chi connectivity index (χ1) is 10.2. The van der Waals surface area contributed by atoms with Crippen LogP contribution in [0.2, 0.25) is 0 Å². The van der Waals surface area contributed by atoms with Crippen LogP contribution in [0.15, 0.2) is 12.1 Å². The molecule has 0 radical (unpaired) electrons. The van der Waals surface area contributed by atoms with E-state index >= 15 is 0 Å². The molecule has 0 unspecified atom stereocenters. The summed E-state index contributed by atoms with van der Waals surface area (Å²) in [5.41, 5.74) is 8.11. The molecule has 0 fully saturated rings. The summed E-state index contributed by atoms with van der Waals surface area (Å²) in [6, 6.07) is 3.94. The van der Waals surface area contributed by atoms with Crippen molar-refractivity contribution in [1.82, 2.24) is 4.90 Å². The standard InChI is InChI=1S/C17H28N2O2/c1-4-13(5-2)11-19(6-3)12-14-9-16-17(10-15(14)18)21-8-7-20-16/h9-10,13H,4-8,11-12,18H2,1-3H3. The molecular formula is C17H28N2O2. The third kappa shape index (κ3) is 4.03. The smallest absolute Gasteiger partial charge is 0.163 e. The average Bonchev–Trinajstić information content (AvgIpc) is 2.51. The number of anilines is 1. The van der Waals surface area contributed by atoms with E-state index in [9.17, 15) is 0 Å². The predicted octanol–water partition coefficient (Wildman–Crippen LogP) is 3.30. The molecule has 4 nitrogen and oxygen atoms in total. The highest BCUT2D eigenvalue weighted by atomic mass is 16.6. The molecule has 0 atom stereocenters. The van der Waals surface area contributed by atoms with E-state index in [0.717, 1.165) is 48.3 Å². The van der Waals surface area contributed by atoms with Crippen LogP contribution in [0.25, 0.3) is 0 Å². The second-order valence-electron chi connectivity index (χ2n) is 5.70. The van der Waals surface area contributed by atoms with Crippen molar-refractivity contribution in [2.75, 3.05) is 32.0 Å². The summed E-state index contributed by atoms with van der Waals surface area (Å²) in [7, 11) is 0. The van der Waals surface area contributed by atoms with Crippen LogP contribution >= 0.6 is 0 Å². The number of nitrogens with two attached hydrogens (primary N) is 1. The van der Waals surface area contributed by atoms with Gasteiger partial charge < -0.3 is 15.2 Å². The quantitative estimate of drug-likeness (QED) is 0.783. The first-order valence-electron chi connectivity index (χ1n) is 8.08. The lowest BCUT2D eigenvalue weighted by atomic mass is 10.0. The van der Waals surface area contributed by atoms with E-state index in [0.29, 0.717) is 13.2 Å². The molecule has 0 aliphatic carbocycles. The van der Waals surface area contributed by atoms with Crippen molar-refractivity contribution in [3.8, 4) is 11.5 Å². The average molecular weight is 292 g/mol. The lowest BCUT2D eigenvalue weighted by Crippen LogP contribution is -2.29. The van der Waals surface area contributed by atoms with Gasteiger partial charge in [0.1, 0.15) is 13.2 Å². The van der Waals surface area contributed by atoms with E-state index in [1.54, 1.807) is 0 Å². The Balaban J connectivity index is 2.10. The van der Waals surface area contributed by atoms with Crippen molar-refractivity contribution in [2.24, 2.45) is 5.92 Å². The number of ether oxygens (including phenoxy) is 2. The van der Waals surface area contributed by atoms with E-state index in [-0.39, 0.29) is 0 Å². The maximum atomic E-state index is 6.18. The number of nitrogen functional groups attached to an aromatic ring is 1. The number of benzene rings is 1. The summed E-state index contributed by atoms with van der Waals surface area (Å²) in [5.74, 6) is 2.35. The molecule has 1 aliphatic heterocycles. The Labute approximate surface area is 128 Å². The highest BCUT2D eigenvalue weighted by molar-refractivity contribution is 5.58. The Hall–Kier alpha value is -1.42. The van der Waals surface area contributed by atoms with Crippen LogP contribution < -0.4 is 15.2 Å². The van der Waals surface area contributed by atoms with Gasteiger partial charge in [0.2, 0.25) is 0 Å². The lowest BCUT2D eigenvalue weighted by Gasteiger charge is -2.27. The van der Waals surface area contributed by atoms with Gasteiger partial charge in [-0.3, -0.25) is 4.90 Å². The van der Waals surface area contributed by atoms with Crippen molar-refractivity contribution < 1.29 is 9.47 Å². The van der Waals surface area contributed by atoms with Gasteiger partial charge in [0.15, 0.2) is 11.5 Å². The maximum Gasteiger partial charge on any atom is 0.163 e. The minimum atomic E-state index is 0.599. The third-order valence-electron chi connectivity index (χ3n) is 4.32. The molecule has 118 valence electrons. The Morgan fingerprint density at radius 3 is 2.29 bits per heavy atom. The molecule has 0 spiro atoms. The summed E-state index contributed by atoms with van der Waals surface area (Å²) in [6.07, 6.45) is 2.45. The van der Waals surface area contributed by atoms with Gasteiger partial charge in [0, 0.05) is 24.8 Å². The molecule has 0 amide bonds. The summed E-state index contributed by atoms with van der Waals surface area (Å²) >= 11 is 0. The van der Waals surface area contributed by atoms with Crippen LogP contribution in [0.3, 0.4) is 0 Å². The highest BCUT2D eigenvalue weighted by Crippen LogP contribution is 2.35. The molecule has 2 rings (SSSR count). The zero-order chi connectivity index (χ0) is 15.2. The number of nitrogens with zero attached hydrogens (tertiary/aromatic N) is 1. The van der Waals surface area contributed by atoms with Gasteiger partial charge in [-0.05, 0) is 24.1 Å². The molecule has 0 aromatic heterocycles. The van der Waals surface area contributed by atoms with Crippen molar-refractivity contribution in [1.29, 1.82) is 0 Å². The molecule has 0 bridgehead atoms. The number of hydrogen-bond acceptors (Lipinski definition) is 4. The van der Waals surface area contributed by atoms with Gasteiger partial charge in [-0.15, -0.1) is 0 Å². The Morgan fingerprint density at radius 1 is 1.10 bits per heavy atom. The van der Waals surface area contributed by atoms with Gasteiger partial charge in [-0.1, -0.05) is 33.6 Å². The first kappa shape index (κ1) is 16.0. The summed E-state index contributed by atoms with van der Waals surface area (Å²) in [4.78, 5) is 2.46. The van der Waals surface area contributed by atoms with Crippen LogP contribution in [0.4, 0.5) is 5.69 Å². The molecule has 1 heterocycles.